The molecule has 0 bridgehead atoms. The molecule has 1 aromatic heterocycles. The van der Waals surface area contributed by atoms with E-state index in [-0.39, 0.29) is 12.0 Å². The molecule has 2 aromatic carbocycles. The van der Waals surface area contributed by atoms with Gasteiger partial charge in [0.1, 0.15) is 11.4 Å². The molecule has 0 unspecified atom stereocenters. The van der Waals surface area contributed by atoms with Crippen molar-refractivity contribution >= 4 is 5.91 Å². The van der Waals surface area contributed by atoms with E-state index in [1.807, 2.05) is 79.3 Å². The van der Waals surface area contributed by atoms with Gasteiger partial charge < -0.3 is 14.8 Å². The molecule has 0 saturated carbocycles. The molecule has 1 N–H and O–H groups in total. The van der Waals surface area contributed by atoms with Gasteiger partial charge in [-0.2, -0.15) is 5.10 Å². The van der Waals surface area contributed by atoms with Crippen LogP contribution in [0.15, 0.2) is 60.8 Å². The van der Waals surface area contributed by atoms with Crippen molar-refractivity contribution < 1.29 is 14.3 Å². The summed E-state index contributed by atoms with van der Waals surface area (Å²) in [6.07, 6.45) is 2.77. The first kappa shape index (κ1) is 21.6. The summed E-state index contributed by atoms with van der Waals surface area (Å²) in [5, 5.41) is 7.70. The van der Waals surface area contributed by atoms with Crippen molar-refractivity contribution in [3.05, 3.63) is 71.9 Å². The summed E-state index contributed by atoms with van der Waals surface area (Å²) in [5.74, 6) is 0.628. The van der Waals surface area contributed by atoms with Crippen LogP contribution in [0.3, 0.4) is 0 Å². The number of ether oxygens (including phenoxy) is 2. The third-order valence-corrected chi connectivity index (χ3v) is 4.62. The van der Waals surface area contributed by atoms with Crippen molar-refractivity contribution in [3.63, 3.8) is 0 Å². The molecule has 0 aliphatic carbocycles. The maximum atomic E-state index is 12.9. The van der Waals surface area contributed by atoms with Crippen molar-refractivity contribution in [2.24, 2.45) is 0 Å². The first-order chi connectivity index (χ1) is 14.6. The van der Waals surface area contributed by atoms with Crippen LogP contribution in [0.4, 0.5) is 0 Å². The van der Waals surface area contributed by atoms with Gasteiger partial charge in [0.05, 0.1) is 25.3 Å². The van der Waals surface area contributed by atoms with Gasteiger partial charge >= 0.3 is 0 Å². The predicted octanol–water partition coefficient (Wildman–Crippen LogP) is 4.15. The molecule has 6 heteroatoms. The maximum absolute atomic E-state index is 12.9. The summed E-state index contributed by atoms with van der Waals surface area (Å²) in [4.78, 5) is 12.9. The monoisotopic (exact) mass is 407 g/mol. The van der Waals surface area contributed by atoms with Crippen LogP contribution >= 0.6 is 0 Å². The van der Waals surface area contributed by atoms with Crippen molar-refractivity contribution in [3.8, 4) is 17.0 Å². The second-order valence-electron chi connectivity index (χ2n) is 7.33. The summed E-state index contributed by atoms with van der Waals surface area (Å²) in [6, 6.07) is 17.6. The van der Waals surface area contributed by atoms with Gasteiger partial charge in [-0.25, -0.2) is 0 Å². The standard InChI is InChI=1S/C24H29N3O3/c1-18(2)30-15-7-14-25-24(28)22-17-27(16-19-8-5-4-6-9-19)26-23(22)20-10-12-21(29-3)13-11-20/h4-6,8-13,17-18H,7,14-16H2,1-3H3,(H,25,28). The normalized spacial score (nSPS) is 10.9. The molecular weight excluding hydrogens is 378 g/mol. The largest absolute Gasteiger partial charge is 0.497 e. The molecule has 0 atom stereocenters. The Labute approximate surface area is 177 Å². The van der Waals surface area contributed by atoms with Crippen molar-refractivity contribution in [2.45, 2.75) is 32.9 Å². The van der Waals surface area contributed by atoms with Crippen LogP contribution in [0.2, 0.25) is 0 Å². The number of amides is 1. The minimum Gasteiger partial charge on any atom is -0.497 e. The molecule has 30 heavy (non-hydrogen) atoms. The minimum atomic E-state index is -0.135. The first-order valence-corrected chi connectivity index (χ1v) is 10.2. The number of hydrogen-bond acceptors (Lipinski definition) is 4. The number of carbonyl (C=O) groups excluding carboxylic acids is 1. The Morgan fingerprint density at radius 2 is 1.83 bits per heavy atom. The number of nitrogens with zero attached hydrogens (tertiary/aromatic N) is 2. The van der Waals surface area contributed by atoms with E-state index in [1.165, 1.54) is 0 Å². The molecule has 0 fully saturated rings. The van der Waals surface area contributed by atoms with Gasteiger partial charge in [-0.05, 0) is 50.1 Å². The Balaban J connectivity index is 1.78. The molecular formula is C24H29N3O3. The zero-order valence-corrected chi connectivity index (χ0v) is 17.8. The molecule has 0 aliphatic rings. The molecule has 1 amide bonds. The molecule has 0 aliphatic heterocycles. The van der Waals surface area contributed by atoms with Crippen LogP contribution in [-0.2, 0) is 11.3 Å². The van der Waals surface area contributed by atoms with E-state index in [2.05, 4.69) is 5.32 Å². The second kappa shape index (κ2) is 10.6. The highest BCUT2D eigenvalue weighted by molar-refractivity contribution is 5.99. The van der Waals surface area contributed by atoms with Gasteiger partial charge in [-0.15, -0.1) is 0 Å². The number of nitrogens with one attached hydrogen (secondary N) is 1. The highest BCUT2D eigenvalue weighted by atomic mass is 16.5. The average Bonchev–Trinajstić information content (AvgIpc) is 3.18. The Morgan fingerprint density at radius 1 is 1.10 bits per heavy atom. The number of rotatable bonds is 10. The van der Waals surface area contributed by atoms with E-state index in [0.717, 1.165) is 23.3 Å². The number of aromatic nitrogens is 2. The lowest BCUT2D eigenvalue weighted by atomic mass is 10.1. The van der Waals surface area contributed by atoms with Crippen LogP contribution < -0.4 is 10.1 Å². The highest BCUT2D eigenvalue weighted by Crippen LogP contribution is 2.25. The van der Waals surface area contributed by atoms with Crippen LogP contribution in [0.1, 0.15) is 36.2 Å². The van der Waals surface area contributed by atoms with Crippen molar-refractivity contribution in [1.82, 2.24) is 15.1 Å². The zero-order chi connectivity index (χ0) is 21.3. The molecule has 3 rings (SSSR count). The van der Waals surface area contributed by atoms with Gasteiger partial charge in [0, 0.05) is 24.9 Å². The minimum absolute atomic E-state index is 0.135. The van der Waals surface area contributed by atoms with E-state index in [0.29, 0.717) is 31.0 Å². The summed E-state index contributed by atoms with van der Waals surface area (Å²) >= 11 is 0. The second-order valence-corrected chi connectivity index (χ2v) is 7.33. The van der Waals surface area contributed by atoms with Gasteiger partial charge in [-0.1, -0.05) is 30.3 Å². The van der Waals surface area contributed by atoms with Gasteiger partial charge in [-0.3, -0.25) is 9.48 Å². The fourth-order valence-electron chi connectivity index (χ4n) is 3.09. The highest BCUT2D eigenvalue weighted by Gasteiger charge is 2.18. The summed E-state index contributed by atoms with van der Waals surface area (Å²) in [7, 11) is 1.63. The van der Waals surface area contributed by atoms with E-state index in [9.17, 15) is 4.79 Å². The van der Waals surface area contributed by atoms with E-state index < -0.39 is 0 Å². The summed E-state index contributed by atoms with van der Waals surface area (Å²) in [5.41, 5.74) is 3.21. The quantitative estimate of drug-likeness (QED) is 0.513. The smallest absolute Gasteiger partial charge is 0.255 e. The lowest BCUT2D eigenvalue weighted by molar-refractivity contribution is 0.0757. The number of methoxy groups -OCH3 is 1. The topological polar surface area (TPSA) is 65.4 Å². The van der Waals surface area contributed by atoms with E-state index >= 15 is 0 Å². The lowest BCUT2D eigenvalue weighted by Crippen LogP contribution is -2.25. The fraction of sp³-hybridized carbons (Fsp3) is 0.333. The fourth-order valence-corrected chi connectivity index (χ4v) is 3.09. The average molecular weight is 408 g/mol. The van der Waals surface area contributed by atoms with E-state index in [4.69, 9.17) is 14.6 Å². The molecule has 0 radical (unpaired) electrons. The van der Waals surface area contributed by atoms with Gasteiger partial charge in [0.15, 0.2) is 0 Å². The third kappa shape index (κ3) is 5.94. The first-order valence-electron chi connectivity index (χ1n) is 10.2. The summed E-state index contributed by atoms with van der Waals surface area (Å²) < 4.78 is 12.6. The van der Waals surface area contributed by atoms with Crippen LogP contribution in [0.5, 0.6) is 5.75 Å². The molecule has 1 heterocycles. The Hall–Kier alpha value is -3.12. The van der Waals surface area contributed by atoms with Crippen LogP contribution in [0.25, 0.3) is 11.3 Å². The zero-order valence-electron chi connectivity index (χ0n) is 17.8. The molecule has 6 nitrogen and oxygen atoms in total. The van der Waals surface area contributed by atoms with Crippen LogP contribution in [0, 0.1) is 0 Å². The van der Waals surface area contributed by atoms with Gasteiger partial charge in [0.25, 0.3) is 5.91 Å². The number of benzene rings is 2. The van der Waals surface area contributed by atoms with E-state index in [1.54, 1.807) is 7.11 Å². The third-order valence-electron chi connectivity index (χ3n) is 4.62. The maximum Gasteiger partial charge on any atom is 0.255 e. The Kier molecular flexibility index (Phi) is 7.63. The molecule has 3 aromatic rings. The molecule has 0 spiro atoms. The number of carbonyl (C=O) groups is 1. The van der Waals surface area contributed by atoms with Crippen molar-refractivity contribution in [1.29, 1.82) is 0 Å². The van der Waals surface area contributed by atoms with Crippen molar-refractivity contribution in [2.75, 3.05) is 20.3 Å². The lowest BCUT2D eigenvalue weighted by Gasteiger charge is -2.08. The Morgan fingerprint density at radius 3 is 2.50 bits per heavy atom. The van der Waals surface area contributed by atoms with Crippen LogP contribution in [-0.4, -0.2) is 42.1 Å². The number of hydrogen-bond donors (Lipinski definition) is 1. The predicted molar refractivity (Wildman–Crippen MR) is 118 cm³/mol. The SMILES string of the molecule is COc1ccc(-c2nn(Cc3ccccc3)cc2C(=O)NCCCOC(C)C)cc1. The van der Waals surface area contributed by atoms with Gasteiger partial charge in [0.2, 0.25) is 0 Å². The summed E-state index contributed by atoms with van der Waals surface area (Å²) in [6.45, 7) is 5.77. The molecule has 0 saturated heterocycles. The molecule has 158 valence electrons. The Bertz CT molecular complexity index is 934.